The van der Waals surface area contributed by atoms with Gasteiger partial charge in [-0.3, -0.25) is 4.79 Å². The highest BCUT2D eigenvalue weighted by Gasteiger charge is 2.35. The van der Waals surface area contributed by atoms with E-state index in [9.17, 15) is 4.79 Å². The molecule has 0 radical (unpaired) electrons. The number of hydrogen-bond acceptors (Lipinski definition) is 5. The molecule has 5 heteroatoms. The Balaban J connectivity index is 2.27. The van der Waals surface area contributed by atoms with E-state index in [1.807, 2.05) is 6.92 Å². The zero-order chi connectivity index (χ0) is 12.4. The van der Waals surface area contributed by atoms with E-state index in [2.05, 4.69) is 9.97 Å². The van der Waals surface area contributed by atoms with Crippen molar-refractivity contribution in [1.82, 2.24) is 9.97 Å². The first-order chi connectivity index (χ1) is 8.17. The van der Waals surface area contributed by atoms with Crippen molar-refractivity contribution in [2.45, 2.75) is 19.8 Å². The van der Waals surface area contributed by atoms with Crippen molar-refractivity contribution in [2.75, 3.05) is 14.2 Å². The van der Waals surface area contributed by atoms with Gasteiger partial charge < -0.3 is 9.47 Å². The number of carbonyl (C=O) groups excluding carboxylic acids is 1. The highest BCUT2D eigenvalue weighted by molar-refractivity contribution is 5.98. The molecule has 1 aliphatic carbocycles. The van der Waals surface area contributed by atoms with Crippen LogP contribution in [0.2, 0.25) is 0 Å². The van der Waals surface area contributed by atoms with Crippen LogP contribution in [0.5, 0.6) is 11.8 Å². The maximum Gasteiger partial charge on any atom is 0.246 e. The molecule has 0 N–H and O–H groups in total. The molecule has 0 amide bonds. The minimum Gasteiger partial charge on any atom is -0.480 e. The first kappa shape index (κ1) is 11.8. The molecule has 1 aliphatic rings. The smallest absolute Gasteiger partial charge is 0.246 e. The lowest BCUT2D eigenvalue weighted by Crippen LogP contribution is -2.16. The van der Waals surface area contributed by atoms with E-state index in [1.165, 1.54) is 20.4 Å². The number of carbonyl (C=O) groups is 1. The fraction of sp³-hybridized carbons (Fsp3) is 0.583. The van der Waals surface area contributed by atoms with Crippen molar-refractivity contribution in [3.63, 3.8) is 0 Å². The minimum atomic E-state index is -0.00778. The number of aromatic nitrogens is 2. The van der Waals surface area contributed by atoms with Gasteiger partial charge in [-0.15, -0.1) is 0 Å². The molecule has 17 heavy (non-hydrogen) atoms. The minimum absolute atomic E-state index is 0.000460. The van der Waals surface area contributed by atoms with Crippen molar-refractivity contribution in [3.8, 4) is 11.8 Å². The van der Waals surface area contributed by atoms with Crippen LogP contribution in [-0.4, -0.2) is 30.0 Å². The van der Waals surface area contributed by atoms with Crippen LogP contribution in [0.1, 0.15) is 30.3 Å². The average molecular weight is 236 g/mol. The fourth-order valence-corrected chi connectivity index (χ4v) is 1.79. The van der Waals surface area contributed by atoms with Crippen molar-refractivity contribution < 1.29 is 14.3 Å². The Kier molecular flexibility index (Phi) is 3.26. The molecule has 2 rings (SSSR count). The Morgan fingerprint density at radius 2 is 2.12 bits per heavy atom. The van der Waals surface area contributed by atoms with Crippen molar-refractivity contribution in [2.24, 2.45) is 11.8 Å². The second kappa shape index (κ2) is 4.69. The summed E-state index contributed by atoms with van der Waals surface area (Å²) < 4.78 is 10.0. The van der Waals surface area contributed by atoms with Crippen molar-refractivity contribution in [1.29, 1.82) is 0 Å². The topological polar surface area (TPSA) is 61.3 Å². The largest absolute Gasteiger partial charge is 0.480 e. The summed E-state index contributed by atoms with van der Waals surface area (Å²) in [6, 6.07) is 0. The quantitative estimate of drug-likeness (QED) is 0.728. The lowest BCUT2D eigenvalue weighted by atomic mass is 9.98. The SMILES string of the molecule is COc1cnc(C(=O)C(C)C2CC2)c(OC)n1. The van der Waals surface area contributed by atoms with E-state index in [0.29, 0.717) is 17.5 Å². The fourth-order valence-electron chi connectivity index (χ4n) is 1.79. The van der Waals surface area contributed by atoms with Gasteiger partial charge in [0.2, 0.25) is 11.8 Å². The van der Waals surface area contributed by atoms with E-state index in [-0.39, 0.29) is 17.6 Å². The molecular formula is C12H16N2O3. The molecule has 92 valence electrons. The lowest BCUT2D eigenvalue weighted by molar-refractivity contribution is 0.0906. The second-order valence-corrected chi connectivity index (χ2v) is 4.26. The monoisotopic (exact) mass is 236 g/mol. The Labute approximate surface area is 100 Å². The van der Waals surface area contributed by atoms with Crippen LogP contribution in [0, 0.1) is 11.8 Å². The number of rotatable bonds is 5. The van der Waals surface area contributed by atoms with Gasteiger partial charge >= 0.3 is 0 Å². The molecule has 1 unspecified atom stereocenters. The maximum absolute atomic E-state index is 12.2. The first-order valence-electron chi connectivity index (χ1n) is 5.66. The molecule has 1 atom stereocenters. The summed E-state index contributed by atoms with van der Waals surface area (Å²) in [5.74, 6) is 1.07. The van der Waals surface area contributed by atoms with Gasteiger partial charge in [-0.05, 0) is 18.8 Å². The Morgan fingerprint density at radius 1 is 1.41 bits per heavy atom. The molecular weight excluding hydrogens is 220 g/mol. The number of methoxy groups -OCH3 is 2. The normalized spacial score (nSPS) is 16.4. The van der Waals surface area contributed by atoms with E-state index >= 15 is 0 Å². The number of Topliss-reactive ketones (excluding diaryl/α,β-unsaturated/α-hetero) is 1. The zero-order valence-electron chi connectivity index (χ0n) is 10.3. The molecule has 1 aromatic heterocycles. The Bertz CT molecular complexity index is 430. The summed E-state index contributed by atoms with van der Waals surface area (Å²) in [7, 11) is 2.97. The van der Waals surface area contributed by atoms with E-state index in [0.717, 1.165) is 12.8 Å². The van der Waals surface area contributed by atoms with Crippen LogP contribution in [0.4, 0.5) is 0 Å². The van der Waals surface area contributed by atoms with Crippen molar-refractivity contribution >= 4 is 5.78 Å². The maximum atomic E-state index is 12.2. The second-order valence-electron chi connectivity index (χ2n) is 4.26. The third-order valence-corrected chi connectivity index (χ3v) is 3.10. The van der Waals surface area contributed by atoms with Crippen LogP contribution in [-0.2, 0) is 0 Å². The van der Waals surface area contributed by atoms with Gasteiger partial charge in [0.05, 0.1) is 20.4 Å². The summed E-state index contributed by atoms with van der Waals surface area (Å²) in [5, 5.41) is 0. The average Bonchev–Trinajstić information content (AvgIpc) is 3.20. The predicted molar refractivity (Wildman–Crippen MR) is 61.4 cm³/mol. The molecule has 5 nitrogen and oxygen atoms in total. The van der Waals surface area contributed by atoms with Gasteiger partial charge in [0, 0.05) is 5.92 Å². The van der Waals surface area contributed by atoms with Gasteiger partial charge in [-0.2, -0.15) is 4.98 Å². The molecule has 1 fully saturated rings. The summed E-state index contributed by atoms with van der Waals surface area (Å²) >= 11 is 0. The number of hydrogen-bond donors (Lipinski definition) is 0. The Morgan fingerprint density at radius 3 is 2.65 bits per heavy atom. The highest BCUT2D eigenvalue weighted by atomic mass is 16.5. The van der Waals surface area contributed by atoms with E-state index in [4.69, 9.17) is 9.47 Å². The lowest BCUT2D eigenvalue weighted by Gasteiger charge is -2.11. The molecule has 0 saturated heterocycles. The third kappa shape index (κ3) is 2.38. The summed E-state index contributed by atoms with van der Waals surface area (Å²) in [6.07, 6.45) is 3.69. The van der Waals surface area contributed by atoms with Crippen LogP contribution in [0.15, 0.2) is 6.20 Å². The summed E-state index contributed by atoms with van der Waals surface area (Å²) in [4.78, 5) is 20.3. The van der Waals surface area contributed by atoms with Gasteiger partial charge in [0.1, 0.15) is 0 Å². The molecule has 0 aromatic carbocycles. The van der Waals surface area contributed by atoms with Crippen LogP contribution < -0.4 is 9.47 Å². The molecule has 0 bridgehead atoms. The van der Waals surface area contributed by atoms with Crippen molar-refractivity contribution in [3.05, 3.63) is 11.9 Å². The highest BCUT2D eigenvalue weighted by Crippen LogP contribution is 2.38. The molecule has 1 saturated carbocycles. The van der Waals surface area contributed by atoms with Crippen LogP contribution in [0.25, 0.3) is 0 Å². The first-order valence-corrected chi connectivity index (χ1v) is 5.66. The van der Waals surface area contributed by atoms with E-state index in [1.54, 1.807) is 0 Å². The van der Waals surface area contributed by atoms with Crippen LogP contribution >= 0.6 is 0 Å². The molecule has 1 aromatic rings. The van der Waals surface area contributed by atoms with Gasteiger partial charge in [-0.25, -0.2) is 4.98 Å². The molecule has 0 aliphatic heterocycles. The van der Waals surface area contributed by atoms with Gasteiger partial charge in [0.15, 0.2) is 11.5 Å². The standard InChI is InChI=1S/C12H16N2O3/c1-7(8-4-5-8)11(15)10-12(17-3)14-9(16-2)6-13-10/h6-8H,4-5H2,1-3H3. The van der Waals surface area contributed by atoms with Gasteiger partial charge in [0.25, 0.3) is 0 Å². The third-order valence-electron chi connectivity index (χ3n) is 3.10. The molecule has 0 spiro atoms. The summed E-state index contributed by atoms with van der Waals surface area (Å²) in [5.41, 5.74) is 0.299. The van der Waals surface area contributed by atoms with Gasteiger partial charge in [-0.1, -0.05) is 6.92 Å². The number of nitrogens with zero attached hydrogens (tertiary/aromatic N) is 2. The number of ketones is 1. The van der Waals surface area contributed by atoms with E-state index < -0.39 is 0 Å². The van der Waals surface area contributed by atoms with Crippen LogP contribution in [0.3, 0.4) is 0 Å². The number of ether oxygens (including phenoxy) is 2. The summed E-state index contributed by atoms with van der Waals surface area (Å²) in [6.45, 7) is 1.94. The Hall–Kier alpha value is -1.65. The zero-order valence-corrected chi connectivity index (χ0v) is 10.3. The predicted octanol–water partition coefficient (Wildman–Crippen LogP) is 1.72. The molecule has 1 heterocycles.